The standard InChI is InChI=1S/C19H15ClFN5/c1-26-6-5-11-12(7-22)18(25)19(9-23,10-24)17(13(11)8-26)16-14(20)3-2-4-15(16)21/h2-5,13,17H,6,8,25H2,1H3/t13-,17-/m0/s1. The molecule has 0 amide bonds. The van der Waals surface area contributed by atoms with Crippen LogP contribution in [0.1, 0.15) is 11.5 Å². The van der Waals surface area contributed by atoms with Crippen molar-refractivity contribution in [3.63, 3.8) is 0 Å². The second-order valence-corrected chi connectivity index (χ2v) is 6.94. The summed E-state index contributed by atoms with van der Waals surface area (Å²) in [6.45, 7) is 1.04. The van der Waals surface area contributed by atoms with Gasteiger partial charge in [0.2, 0.25) is 0 Å². The lowest BCUT2D eigenvalue weighted by atomic mass is 9.58. The van der Waals surface area contributed by atoms with Gasteiger partial charge in [0.15, 0.2) is 5.41 Å². The number of hydrogen-bond acceptors (Lipinski definition) is 5. The molecule has 0 aromatic heterocycles. The second-order valence-electron chi connectivity index (χ2n) is 6.53. The average Bonchev–Trinajstić information content (AvgIpc) is 2.62. The molecule has 1 heterocycles. The fraction of sp³-hybridized carbons (Fsp3) is 0.316. The molecule has 0 fully saturated rings. The molecule has 1 aliphatic carbocycles. The van der Waals surface area contributed by atoms with Gasteiger partial charge in [0.1, 0.15) is 11.9 Å². The van der Waals surface area contributed by atoms with Crippen molar-refractivity contribution in [2.75, 3.05) is 20.1 Å². The predicted octanol–water partition coefficient (Wildman–Crippen LogP) is 2.83. The molecule has 0 unspecified atom stereocenters. The molecule has 1 aromatic carbocycles. The van der Waals surface area contributed by atoms with E-state index < -0.39 is 23.1 Å². The molecule has 1 aliphatic heterocycles. The minimum Gasteiger partial charge on any atom is -0.399 e. The minimum atomic E-state index is -1.88. The Labute approximate surface area is 156 Å². The molecule has 7 heteroatoms. The van der Waals surface area contributed by atoms with Crippen LogP contribution in [0.3, 0.4) is 0 Å². The van der Waals surface area contributed by atoms with Crippen LogP contribution in [-0.4, -0.2) is 25.0 Å². The van der Waals surface area contributed by atoms with Crippen LogP contribution in [0.5, 0.6) is 0 Å². The third-order valence-electron chi connectivity index (χ3n) is 5.16. The molecule has 2 aliphatic rings. The number of nitrogens with zero attached hydrogens (tertiary/aromatic N) is 4. The number of hydrogen-bond donors (Lipinski definition) is 1. The van der Waals surface area contributed by atoms with Gasteiger partial charge in [-0.25, -0.2) is 4.39 Å². The van der Waals surface area contributed by atoms with Gasteiger partial charge in [0.25, 0.3) is 0 Å². The number of nitrogens with two attached hydrogens (primary N) is 1. The summed E-state index contributed by atoms with van der Waals surface area (Å²) < 4.78 is 14.8. The Morgan fingerprint density at radius 3 is 2.58 bits per heavy atom. The maximum atomic E-state index is 14.8. The summed E-state index contributed by atoms with van der Waals surface area (Å²) >= 11 is 6.28. The first-order chi connectivity index (χ1) is 12.4. The SMILES string of the molecule is CN1CC=C2C(C#N)=C(N)C(C#N)(C#N)[C@H](c3c(F)cccc3Cl)[C@H]2C1. The Morgan fingerprint density at radius 2 is 2.00 bits per heavy atom. The van der Waals surface area contributed by atoms with Gasteiger partial charge in [0.05, 0.1) is 23.4 Å². The zero-order valence-electron chi connectivity index (χ0n) is 14.0. The Hall–Kier alpha value is -2.85. The van der Waals surface area contributed by atoms with Crippen LogP contribution >= 0.6 is 11.6 Å². The van der Waals surface area contributed by atoms with E-state index in [1.807, 2.05) is 36.2 Å². The van der Waals surface area contributed by atoms with Crippen molar-refractivity contribution in [3.8, 4) is 18.2 Å². The molecule has 2 atom stereocenters. The third-order valence-corrected chi connectivity index (χ3v) is 5.49. The summed E-state index contributed by atoms with van der Waals surface area (Å²) in [5.41, 5.74) is 5.00. The van der Waals surface area contributed by atoms with Crippen LogP contribution in [0.4, 0.5) is 4.39 Å². The highest BCUT2D eigenvalue weighted by atomic mass is 35.5. The lowest BCUT2D eigenvalue weighted by Crippen LogP contribution is -2.47. The van der Waals surface area contributed by atoms with Crippen LogP contribution in [0.2, 0.25) is 5.02 Å². The first-order valence-electron chi connectivity index (χ1n) is 7.97. The zero-order valence-corrected chi connectivity index (χ0v) is 14.8. The lowest BCUT2D eigenvalue weighted by Gasteiger charge is -2.45. The van der Waals surface area contributed by atoms with E-state index in [9.17, 15) is 20.2 Å². The van der Waals surface area contributed by atoms with E-state index in [1.165, 1.54) is 18.2 Å². The zero-order chi connectivity index (χ0) is 19.1. The molecular weight excluding hydrogens is 353 g/mol. The van der Waals surface area contributed by atoms with Gasteiger partial charge < -0.3 is 10.6 Å². The van der Waals surface area contributed by atoms with Crippen LogP contribution in [0.25, 0.3) is 0 Å². The Balaban J connectivity index is 2.41. The number of allylic oxidation sites excluding steroid dienone is 2. The van der Waals surface area contributed by atoms with Gasteiger partial charge in [0, 0.05) is 35.5 Å². The molecule has 130 valence electrons. The van der Waals surface area contributed by atoms with Crippen molar-refractivity contribution in [3.05, 3.63) is 57.5 Å². The quantitative estimate of drug-likeness (QED) is 0.822. The van der Waals surface area contributed by atoms with Crippen molar-refractivity contribution < 1.29 is 4.39 Å². The van der Waals surface area contributed by atoms with E-state index in [1.54, 1.807) is 0 Å². The first kappa shape index (κ1) is 18.0. The van der Waals surface area contributed by atoms with Gasteiger partial charge >= 0.3 is 0 Å². The van der Waals surface area contributed by atoms with Crippen LogP contribution in [0, 0.1) is 51.1 Å². The lowest BCUT2D eigenvalue weighted by molar-refractivity contribution is 0.234. The van der Waals surface area contributed by atoms with Crippen LogP contribution in [-0.2, 0) is 0 Å². The number of halogens is 2. The fourth-order valence-electron chi connectivity index (χ4n) is 3.94. The normalized spacial score (nSPS) is 24.7. The largest absolute Gasteiger partial charge is 0.399 e. The summed E-state index contributed by atoms with van der Waals surface area (Å²) in [6.07, 6.45) is 1.85. The highest BCUT2D eigenvalue weighted by Gasteiger charge is 2.55. The summed E-state index contributed by atoms with van der Waals surface area (Å²) in [5.74, 6) is -1.97. The summed E-state index contributed by atoms with van der Waals surface area (Å²) in [7, 11) is 1.88. The van der Waals surface area contributed by atoms with Crippen molar-refractivity contribution in [1.29, 1.82) is 15.8 Å². The van der Waals surface area contributed by atoms with Gasteiger partial charge in [-0.1, -0.05) is 23.7 Å². The van der Waals surface area contributed by atoms with Crippen LogP contribution in [0.15, 0.2) is 41.1 Å². The van der Waals surface area contributed by atoms with Crippen molar-refractivity contribution in [2.24, 2.45) is 17.1 Å². The smallest absolute Gasteiger partial charge is 0.191 e. The van der Waals surface area contributed by atoms with E-state index >= 15 is 0 Å². The van der Waals surface area contributed by atoms with Crippen LogP contribution < -0.4 is 5.73 Å². The van der Waals surface area contributed by atoms with E-state index in [0.29, 0.717) is 18.7 Å². The van der Waals surface area contributed by atoms with Gasteiger partial charge in [-0.05, 0) is 24.8 Å². The number of likely N-dealkylation sites (N-methyl/N-ethyl adjacent to an activating group) is 1. The number of fused-ring (bicyclic) bond motifs is 1. The van der Waals surface area contributed by atoms with Gasteiger partial charge in [-0.15, -0.1) is 0 Å². The van der Waals surface area contributed by atoms with E-state index in [4.69, 9.17) is 17.3 Å². The number of rotatable bonds is 1. The maximum absolute atomic E-state index is 14.8. The molecule has 26 heavy (non-hydrogen) atoms. The fourth-order valence-corrected chi connectivity index (χ4v) is 4.22. The molecule has 3 rings (SSSR count). The predicted molar refractivity (Wildman–Crippen MR) is 93.7 cm³/mol. The molecule has 0 saturated carbocycles. The van der Waals surface area contributed by atoms with Crippen molar-refractivity contribution >= 4 is 11.6 Å². The first-order valence-corrected chi connectivity index (χ1v) is 8.34. The maximum Gasteiger partial charge on any atom is 0.191 e. The highest BCUT2D eigenvalue weighted by Crippen LogP contribution is 2.55. The average molecular weight is 368 g/mol. The van der Waals surface area contributed by atoms with Crippen molar-refractivity contribution in [1.82, 2.24) is 4.90 Å². The molecule has 0 saturated heterocycles. The Bertz CT molecular complexity index is 925. The van der Waals surface area contributed by atoms with E-state index in [-0.39, 0.29) is 21.9 Å². The number of benzene rings is 1. The van der Waals surface area contributed by atoms with Gasteiger partial charge in [-0.2, -0.15) is 15.8 Å². The topological polar surface area (TPSA) is 101 Å². The van der Waals surface area contributed by atoms with E-state index in [2.05, 4.69) is 0 Å². The number of nitriles is 3. The highest BCUT2D eigenvalue weighted by molar-refractivity contribution is 6.31. The summed E-state index contributed by atoms with van der Waals surface area (Å²) in [5, 5.41) is 29.5. The van der Waals surface area contributed by atoms with E-state index in [0.717, 1.165) is 0 Å². The minimum absolute atomic E-state index is 0.0865. The molecular formula is C19H15ClFN5. The summed E-state index contributed by atoms with van der Waals surface area (Å²) in [4.78, 5) is 1.98. The third kappa shape index (κ3) is 2.37. The summed E-state index contributed by atoms with van der Waals surface area (Å²) in [6, 6.07) is 10.2. The Morgan fingerprint density at radius 1 is 1.31 bits per heavy atom. The second kappa shape index (κ2) is 6.46. The molecule has 0 spiro atoms. The molecule has 0 bridgehead atoms. The monoisotopic (exact) mass is 367 g/mol. The van der Waals surface area contributed by atoms with Gasteiger partial charge in [-0.3, -0.25) is 0 Å². The Kier molecular flexibility index (Phi) is 4.46. The molecule has 0 radical (unpaired) electrons. The molecule has 2 N–H and O–H groups in total. The van der Waals surface area contributed by atoms with Crippen molar-refractivity contribution in [2.45, 2.75) is 5.92 Å². The molecule has 5 nitrogen and oxygen atoms in total. The molecule has 1 aromatic rings.